The highest BCUT2D eigenvalue weighted by Crippen LogP contribution is 2.30. The normalized spacial score (nSPS) is 10.1. The van der Waals surface area contributed by atoms with Gasteiger partial charge in [0, 0.05) is 12.1 Å². The minimum atomic E-state index is 0. The Balaban J connectivity index is 0.00000364. The Kier molecular flexibility index (Phi) is 10.0. The van der Waals surface area contributed by atoms with Crippen LogP contribution in [0.25, 0.3) is 0 Å². The van der Waals surface area contributed by atoms with Gasteiger partial charge in [-0.1, -0.05) is 23.7 Å². The first-order valence-corrected chi connectivity index (χ1v) is 9.02. The fraction of sp³-hybridized carbons (Fsp3) is 0.350. The summed E-state index contributed by atoms with van der Waals surface area (Å²) in [5.41, 5.74) is 7.28. The summed E-state index contributed by atoms with van der Waals surface area (Å²) in [6.45, 7) is 3.48. The van der Waals surface area contributed by atoms with Crippen molar-refractivity contribution in [2.45, 2.75) is 26.3 Å². The van der Waals surface area contributed by atoms with E-state index in [1.807, 2.05) is 37.3 Å². The molecular weight excluding hydrogens is 387 g/mol. The third-order valence-electron chi connectivity index (χ3n) is 3.92. The number of hydrogen-bond acceptors (Lipinski definition) is 4. The SMILES string of the molecule is CCOc1ccc(CN(C(=O)CCCN)c2ccc(OC)c(Cl)c2)cc1.Cl. The molecule has 148 valence electrons. The maximum Gasteiger partial charge on any atom is 0.227 e. The molecule has 2 rings (SSSR count). The van der Waals surface area contributed by atoms with Gasteiger partial charge in [-0.2, -0.15) is 0 Å². The van der Waals surface area contributed by atoms with E-state index in [2.05, 4.69) is 0 Å². The van der Waals surface area contributed by atoms with Gasteiger partial charge in [-0.25, -0.2) is 0 Å². The number of nitrogens with two attached hydrogens (primary N) is 1. The molecule has 0 unspecified atom stereocenters. The van der Waals surface area contributed by atoms with Gasteiger partial charge < -0.3 is 20.1 Å². The van der Waals surface area contributed by atoms with Gasteiger partial charge in [-0.05, 0) is 55.8 Å². The van der Waals surface area contributed by atoms with Crippen LogP contribution in [0, 0.1) is 0 Å². The molecule has 27 heavy (non-hydrogen) atoms. The van der Waals surface area contributed by atoms with E-state index in [9.17, 15) is 4.79 Å². The van der Waals surface area contributed by atoms with Crippen LogP contribution >= 0.6 is 24.0 Å². The second-order valence-corrected chi connectivity index (χ2v) is 6.18. The Labute approximate surface area is 171 Å². The van der Waals surface area contributed by atoms with Gasteiger partial charge in [-0.15, -0.1) is 12.4 Å². The quantitative estimate of drug-likeness (QED) is 0.660. The summed E-state index contributed by atoms with van der Waals surface area (Å²) in [7, 11) is 1.56. The molecule has 0 atom stereocenters. The van der Waals surface area contributed by atoms with Crippen molar-refractivity contribution in [3.05, 3.63) is 53.1 Å². The van der Waals surface area contributed by atoms with Gasteiger partial charge in [0.2, 0.25) is 5.91 Å². The lowest BCUT2D eigenvalue weighted by atomic mass is 10.1. The standard InChI is InChI=1S/C20H25ClN2O3.ClH/c1-3-26-17-9-6-15(7-10-17)14-23(20(24)5-4-12-22)16-8-11-19(25-2)18(21)13-16;/h6-11,13H,3-5,12,14,22H2,1-2H3;1H. The van der Waals surface area contributed by atoms with E-state index < -0.39 is 0 Å². The largest absolute Gasteiger partial charge is 0.495 e. The molecule has 0 radical (unpaired) electrons. The molecule has 0 aliphatic heterocycles. The van der Waals surface area contributed by atoms with Crippen LogP contribution in [0.2, 0.25) is 5.02 Å². The van der Waals surface area contributed by atoms with Gasteiger partial charge >= 0.3 is 0 Å². The maximum absolute atomic E-state index is 12.7. The first-order chi connectivity index (χ1) is 12.6. The summed E-state index contributed by atoms with van der Waals surface area (Å²) in [5, 5.41) is 0.466. The molecule has 0 saturated heterocycles. The number of ether oxygens (including phenoxy) is 2. The molecule has 0 aromatic heterocycles. The Morgan fingerprint density at radius 1 is 1.19 bits per heavy atom. The fourth-order valence-electron chi connectivity index (χ4n) is 2.58. The highest BCUT2D eigenvalue weighted by molar-refractivity contribution is 6.32. The van der Waals surface area contributed by atoms with Crippen LogP contribution in [0.3, 0.4) is 0 Å². The highest BCUT2D eigenvalue weighted by atomic mass is 35.5. The first kappa shape index (κ1) is 23.1. The molecule has 0 bridgehead atoms. The third kappa shape index (κ3) is 6.61. The van der Waals surface area contributed by atoms with Gasteiger partial charge in [-0.3, -0.25) is 4.79 Å². The molecule has 7 heteroatoms. The number of anilines is 1. The second kappa shape index (κ2) is 11.7. The van der Waals surface area contributed by atoms with Crippen LogP contribution in [0.5, 0.6) is 11.5 Å². The van der Waals surface area contributed by atoms with Crippen molar-refractivity contribution in [2.75, 3.05) is 25.2 Å². The first-order valence-electron chi connectivity index (χ1n) is 8.64. The Morgan fingerprint density at radius 3 is 2.44 bits per heavy atom. The average Bonchev–Trinajstić information content (AvgIpc) is 2.65. The predicted molar refractivity (Wildman–Crippen MR) is 112 cm³/mol. The molecule has 0 aliphatic rings. The Morgan fingerprint density at radius 2 is 1.89 bits per heavy atom. The summed E-state index contributed by atoms with van der Waals surface area (Å²) in [6.07, 6.45) is 1.03. The van der Waals surface area contributed by atoms with Crippen LogP contribution in [-0.2, 0) is 11.3 Å². The van der Waals surface area contributed by atoms with Crippen LogP contribution < -0.4 is 20.1 Å². The molecule has 0 spiro atoms. The van der Waals surface area contributed by atoms with E-state index in [4.69, 9.17) is 26.8 Å². The summed E-state index contributed by atoms with van der Waals surface area (Å²) in [4.78, 5) is 14.4. The van der Waals surface area contributed by atoms with E-state index in [0.29, 0.717) is 43.3 Å². The maximum atomic E-state index is 12.7. The predicted octanol–water partition coefficient (Wildman–Crippen LogP) is 4.44. The van der Waals surface area contributed by atoms with Crippen molar-refractivity contribution in [2.24, 2.45) is 5.73 Å². The number of carbonyl (C=O) groups is 1. The van der Waals surface area contributed by atoms with E-state index in [-0.39, 0.29) is 18.3 Å². The minimum Gasteiger partial charge on any atom is -0.495 e. The van der Waals surface area contributed by atoms with Crippen molar-refractivity contribution in [1.82, 2.24) is 0 Å². The van der Waals surface area contributed by atoms with Crippen LogP contribution in [0.1, 0.15) is 25.3 Å². The number of halogens is 2. The van der Waals surface area contributed by atoms with Crippen molar-refractivity contribution < 1.29 is 14.3 Å². The van der Waals surface area contributed by atoms with Gasteiger partial charge in [0.25, 0.3) is 0 Å². The molecular formula is C20H26Cl2N2O3. The molecule has 2 N–H and O–H groups in total. The summed E-state index contributed by atoms with van der Waals surface area (Å²) in [6, 6.07) is 13.1. The lowest BCUT2D eigenvalue weighted by molar-refractivity contribution is -0.118. The van der Waals surface area contributed by atoms with Crippen LogP contribution in [-0.4, -0.2) is 26.2 Å². The zero-order chi connectivity index (χ0) is 18.9. The number of benzene rings is 2. The van der Waals surface area contributed by atoms with E-state index in [1.165, 1.54) is 0 Å². The number of carbonyl (C=O) groups excluding carboxylic acids is 1. The van der Waals surface area contributed by atoms with E-state index >= 15 is 0 Å². The number of amides is 1. The van der Waals surface area contributed by atoms with E-state index in [0.717, 1.165) is 17.0 Å². The molecule has 5 nitrogen and oxygen atoms in total. The van der Waals surface area contributed by atoms with Crippen molar-refractivity contribution in [3.8, 4) is 11.5 Å². The summed E-state index contributed by atoms with van der Waals surface area (Å²) < 4.78 is 10.7. The monoisotopic (exact) mass is 412 g/mol. The Bertz CT molecular complexity index is 724. The van der Waals surface area contributed by atoms with Crippen molar-refractivity contribution in [3.63, 3.8) is 0 Å². The molecule has 0 saturated carbocycles. The zero-order valence-corrected chi connectivity index (χ0v) is 17.2. The summed E-state index contributed by atoms with van der Waals surface area (Å²) >= 11 is 6.24. The fourth-order valence-corrected chi connectivity index (χ4v) is 2.83. The number of hydrogen-bond donors (Lipinski definition) is 1. The van der Waals surface area contributed by atoms with Crippen LogP contribution in [0.15, 0.2) is 42.5 Å². The molecule has 0 aliphatic carbocycles. The number of nitrogens with zero attached hydrogens (tertiary/aromatic N) is 1. The lowest BCUT2D eigenvalue weighted by Crippen LogP contribution is -2.30. The highest BCUT2D eigenvalue weighted by Gasteiger charge is 2.17. The minimum absolute atomic E-state index is 0. The molecule has 1 amide bonds. The Hall–Kier alpha value is -1.95. The second-order valence-electron chi connectivity index (χ2n) is 5.77. The average molecular weight is 413 g/mol. The number of methoxy groups -OCH3 is 1. The molecule has 2 aromatic rings. The molecule has 0 fully saturated rings. The van der Waals surface area contributed by atoms with E-state index in [1.54, 1.807) is 24.1 Å². The summed E-state index contributed by atoms with van der Waals surface area (Å²) in [5.74, 6) is 1.39. The van der Waals surface area contributed by atoms with Crippen LogP contribution in [0.4, 0.5) is 5.69 Å². The van der Waals surface area contributed by atoms with Gasteiger partial charge in [0.1, 0.15) is 11.5 Å². The smallest absolute Gasteiger partial charge is 0.227 e. The topological polar surface area (TPSA) is 64.8 Å². The molecule has 0 heterocycles. The van der Waals surface area contributed by atoms with Crippen molar-refractivity contribution >= 4 is 35.6 Å². The third-order valence-corrected chi connectivity index (χ3v) is 4.21. The molecule has 2 aromatic carbocycles. The van der Waals surface area contributed by atoms with Gasteiger partial charge in [0.05, 0.1) is 25.3 Å². The van der Waals surface area contributed by atoms with Crippen molar-refractivity contribution in [1.29, 1.82) is 0 Å². The number of rotatable bonds is 9. The van der Waals surface area contributed by atoms with Gasteiger partial charge in [0.15, 0.2) is 0 Å². The lowest BCUT2D eigenvalue weighted by Gasteiger charge is -2.24. The zero-order valence-electron chi connectivity index (χ0n) is 15.6.